The number of carbonyl (C=O) groups excluding carboxylic acids is 1. The predicted molar refractivity (Wildman–Crippen MR) is 73.2 cm³/mol. The highest BCUT2D eigenvalue weighted by Crippen LogP contribution is 2.32. The molecule has 18 heavy (non-hydrogen) atoms. The largest absolute Gasteiger partial charge is 0.384 e. The summed E-state index contributed by atoms with van der Waals surface area (Å²) in [7, 11) is 0. The van der Waals surface area contributed by atoms with Gasteiger partial charge in [-0.1, -0.05) is 37.3 Å². The van der Waals surface area contributed by atoms with Gasteiger partial charge in [0.15, 0.2) is 5.78 Å². The Kier molecular flexibility index (Phi) is 2.63. The molecule has 0 aromatic heterocycles. The summed E-state index contributed by atoms with van der Waals surface area (Å²) in [4.78, 5) is 12.3. The summed E-state index contributed by atoms with van der Waals surface area (Å²) in [6.45, 7) is 3.13. The van der Waals surface area contributed by atoms with Crippen LogP contribution in [-0.4, -0.2) is 12.3 Å². The maximum atomic E-state index is 12.3. The minimum absolute atomic E-state index is 0.0949. The molecule has 90 valence electrons. The van der Waals surface area contributed by atoms with Crippen LogP contribution in [0.25, 0.3) is 0 Å². The maximum Gasteiger partial charge on any atom is 0.193 e. The first kappa shape index (κ1) is 11.0. The van der Waals surface area contributed by atoms with Crippen molar-refractivity contribution in [1.29, 1.82) is 0 Å². The molecule has 0 aliphatic carbocycles. The third-order valence-electron chi connectivity index (χ3n) is 3.48. The van der Waals surface area contributed by atoms with Crippen molar-refractivity contribution < 1.29 is 4.79 Å². The molecule has 0 radical (unpaired) electrons. The highest BCUT2D eigenvalue weighted by atomic mass is 16.1. The number of benzene rings is 2. The second-order valence-electron chi connectivity index (χ2n) is 4.78. The van der Waals surface area contributed by atoms with E-state index in [9.17, 15) is 4.79 Å². The van der Waals surface area contributed by atoms with Crippen molar-refractivity contribution in [2.75, 3.05) is 11.9 Å². The van der Waals surface area contributed by atoms with Crippen LogP contribution in [0.4, 0.5) is 5.69 Å². The lowest BCUT2D eigenvalue weighted by molar-refractivity contribution is 0.103. The summed E-state index contributed by atoms with van der Waals surface area (Å²) in [5.74, 6) is 0.570. The lowest BCUT2D eigenvalue weighted by Gasteiger charge is -2.06. The molecule has 0 fully saturated rings. The van der Waals surface area contributed by atoms with Gasteiger partial charge in [-0.05, 0) is 23.8 Å². The fraction of sp³-hybridized carbons (Fsp3) is 0.188. The highest BCUT2D eigenvalue weighted by molar-refractivity contribution is 6.09. The molecule has 2 nitrogen and oxygen atoms in total. The molecule has 1 aliphatic heterocycles. The molecule has 0 saturated carbocycles. The first-order chi connectivity index (χ1) is 8.75. The number of anilines is 1. The van der Waals surface area contributed by atoms with E-state index in [2.05, 4.69) is 12.2 Å². The van der Waals surface area contributed by atoms with E-state index in [0.717, 1.165) is 23.4 Å². The van der Waals surface area contributed by atoms with Crippen molar-refractivity contribution in [2.24, 2.45) is 0 Å². The molecular formula is C16H15NO. The van der Waals surface area contributed by atoms with E-state index in [0.29, 0.717) is 5.92 Å². The van der Waals surface area contributed by atoms with E-state index in [-0.39, 0.29) is 5.78 Å². The number of ketones is 1. The van der Waals surface area contributed by atoms with Gasteiger partial charge in [-0.15, -0.1) is 0 Å². The highest BCUT2D eigenvalue weighted by Gasteiger charge is 2.19. The van der Waals surface area contributed by atoms with Gasteiger partial charge in [0.25, 0.3) is 0 Å². The minimum atomic E-state index is 0.0949. The van der Waals surface area contributed by atoms with Crippen LogP contribution in [0.5, 0.6) is 0 Å². The fourth-order valence-corrected chi connectivity index (χ4v) is 2.40. The van der Waals surface area contributed by atoms with E-state index in [4.69, 9.17) is 0 Å². The maximum absolute atomic E-state index is 12.3. The second-order valence-corrected chi connectivity index (χ2v) is 4.78. The molecule has 0 saturated heterocycles. The quantitative estimate of drug-likeness (QED) is 0.810. The van der Waals surface area contributed by atoms with Gasteiger partial charge >= 0.3 is 0 Å². The predicted octanol–water partition coefficient (Wildman–Crippen LogP) is 3.45. The molecule has 1 atom stereocenters. The minimum Gasteiger partial charge on any atom is -0.384 e. The van der Waals surface area contributed by atoms with Crippen molar-refractivity contribution in [1.82, 2.24) is 0 Å². The summed E-state index contributed by atoms with van der Waals surface area (Å²) in [5.41, 5.74) is 3.93. The average Bonchev–Trinajstić information content (AvgIpc) is 2.80. The van der Waals surface area contributed by atoms with Gasteiger partial charge in [-0.3, -0.25) is 4.79 Å². The Hall–Kier alpha value is -2.09. The van der Waals surface area contributed by atoms with Crippen LogP contribution in [-0.2, 0) is 0 Å². The number of hydrogen-bond acceptors (Lipinski definition) is 2. The summed E-state index contributed by atoms with van der Waals surface area (Å²) < 4.78 is 0. The molecule has 3 rings (SSSR count). The smallest absolute Gasteiger partial charge is 0.193 e. The Morgan fingerprint density at radius 2 is 1.89 bits per heavy atom. The lowest BCUT2D eigenvalue weighted by Crippen LogP contribution is -2.01. The normalized spacial score (nSPS) is 17.1. The Morgan fingerprint density at radius 1 is 1.11 bits per heavy atom. The molecule has 1 aliphatic rings. The van der Waals surface area contributed by atoms with Gasteiger partial charge < -0.3 is 5.32 Å². The monoisotopic (exact) mass is 237 g/mol. The van der Waals surface area contributed by atoms with Gasteiger partial charge in [0, 0.05) is 29.3 Å². The fourth-order valence-electron chi connectivity index (χ4n) is 2.40. The molecule has 0 spiro atoms. The van der Waals surface area contributed by atoms with Crippen LogP contribution in [0.3, 0.4) is 0 Å². The van der Waals surface area contributed by atoms with Crippen LogP contribution in [0, 0.1) is 0 Å². The van der Waals surface area contributed by atoms with Crippen molar-refractivity contribution in [3.63, 3.8) is 0 Å². The number of fused-ring (bicyclic) bond motifs is 1. The van der Waals surface area contributed by atoms with Crippen molar-refractivity contribution >= 4 is 11.5 Å². The lowest BCUT2D eigenvalue weighted by atomic mass is 9.97. The van der Waals surface area contributed by atoms with Crippen molar-refractivity contribution in [3.8, 4) is 0 Å². The first-order valence-corrected chi connectivity index (χ1v) is 6.23. The topological polar surface area (TPSA) is 29.1 Å². The van der Waals surface area contributed by atoms with E-state index >= 15 is 0 Å². The molecule has 0 bridgehead atoms. The van der Waals surface area contributed by atoms with Gasteiger partial charge in [-0.25, -0.2) is 0 Å². The Balaban J connectivity index is 1.99. The van der Waals surface area contributed by atoms with Gasteiger partial charge in [0.1, 0.15) is 0 Å². The van der Waals surface area contributed by atoms with Crippen LogP contribution in [0.1, 0.15) is 34.3 Å². The third-order valence-corrected chi connectivity index (χ3v) is 3.48. The Labute approximate surface area is 107 Å². The zero-order valence-electron chi connectivity index (χ0n) is 10.3. The number of hydrogen-bond donors (Lipinski definition) is 1. The van der Waals surface area contributed by atoms with E-state index in [1.165, 1.54) is 5.56 Å². The van der Waals surface area contributed by atoms with Gasteiger partial charge in [0.05, 0.1) is 0 Å². The first-order valence-electron chi connectivity index (χ1n) is 6.23. The third kappa shape index (κ3) is 1.80. The molecule has 2 aromatic rings. The molecule has 1 heterocycles. The SMILES string of the molecule is CC1CNc2ccc(C(=O)c3ccccc3)cc21. The molecular weight excluding hydrogens is 222 g/mol. The molecule has 1 N–H and O–H groups in total. The van der Waals surface area contributed by atoms with Crippen LogP contribution >= 0.6 is 0 Å². The Morgan fingerprint density at radius 3 is 2.67 bits per heavy atom. The Bertz CT molecular complexity index is 589. The van der Waals surface area contributed by atoms with E-state index < -0.39 is 0 Å². The van der Waals surface area contributed by atoms with Gasteiger partial charge in [0.2, 0.25) is 0 Å². The average molecular weight is 237 g/mol. The van der Waals surface area contributed by atoms with Crippen LogP contribution in [0.15, 0.2) is 48.5 Å². The standard InChI is InChI=1S/C16H15NO/c1-11-10-17-15-8-7-13(9-14(11)15)16(18)12-5-3-2-4-6-12/h2-9,11,17H,10H2,1H3. The van der Waals surface area contributed by atoms with E-state index in [1.54, 1.807) is 0 Å². The molecule has 0 amide bonds. The number of nitrogens with one attached hydrogen (secondary N) is 1. The molecule has 2 aromatic carbocycles. The second kappa shape index (κ2) is 4.30. The number of carbonyl (C=O) groups is 1. The molecule has 2 heteroatoms. The number of rotatable bonds is 2. The van der Waals surface area contributed by atoms with Crippen LogP contribution < -0.4 is 5.32 Å². The zero-order valence-corrected chi connectivity index (χ0v) is 10.3. The summed E-state index contributed by atoms with van der Waals surface area (Å²) >= 11 is 0. The van der Waals surface area contributed by atoms with Gasteiger partial charge in [-0.2, -0.15) is 0 Å². The summed E-state index contributed by atoms with van der Waals surface area (Å²) in [5, 5.41) is 3.34. The molecule has 1 unspecified atom stereocenters. The summed E-state index contributed by atoms with van der Waals surface area (Å²) in [6, 6.07) is 15.4. The zero-order chi connectivity index (χ0) is 12.5. The van der Waals surface area contributed by atoms with E-state index in [1.807, 2.05) is 48.5 Å². The van der Waals surface area contributed by atoms with Crippen molar-refractivity contribution in [3.05, 3.63) is 65.2 Å². The summed E-state index contributed by atoms with van der Waals surface area (Å²) in [6.07, 6.45) is 0. The van der Waals surface area contributed by atoms with Crippen molar-refractivity contribution in [2.45, 2.75) is 12.8 Å². The van der Waals surface area contributed by atoms with Crippen LogP contribution in [0.2, 0.25) is 0 Å².